The van der Waals surface area contributed by atoms with Crippen LogP contribution in [0.25, 0.3) is 0 Å². The lowest BCUT2D eigenvalue weighted by molar-refractivity contribution is -0.138. The van der Waals surface area contributed by atoms with Gasteiger partial charge in [0.1, 0.15) is 0 Å². The Hall–Kier alpha value is -1.35. The van der Waals surface area contributed by atoms with Crippen molar-refractivity contribution in [3.05, 3.63) is 35.4 Å². The fourth-order valence-corrected chi connectivity index (χ4v) is 2.40. The Morgan fingerprint density at radius 1 is 1.37 bits per heavy atom. The molecule has 3 heteroatoms. The number of morpholine rings is 1. The first-order valence-electron chi connectivity index (χ1n) is 7.10. The zero-order chi connectivity index (χ0) is 13.7. The lowest BCUT2D eigenvalue weighted by atomic mass is 10.1. The Morgan fingerprint density at radius 3 is 2.79 bits per heavy atom. The highest BCUT2D eigenvalue weighted by Crippen LogP contribution is 2.10. The Morgan fingerprint density at radius 2 is 2.11 bits per heavy atom. The number of carbonyl (C=O) groups is 1. The van der Waals surface area contributed by atoms with Crippen LogP contribution < -0.4 is 0 Å². The summed E-state index contributed by atoms with van der Waals surface area (Å²) in [6, 6.07) is 8.55. The molecule has 1 unspecified atom stereocenters. The van der Waals surface area contributed by atoms with Gasteiger partial charge >= 0.3 is 0 Å². The summed E-state index contributed by atoms with van der Waals surface area (Å²) in [5.41, 5.74) is 2.59. The van der Waals surface area contributed by atoms with Crippen molar-refractivity contribution in [3.63, 3.8) is 0 Å². The Kier molecular flexibility index (Phi) is 4.97. The average molecular weight is 261 g/mol. The smallest absolute Gasteiger partial charge is 0.222 e. The Labute approximate surface area is 115 Å². The van der Waals surface area contributed by atoms with Crippen LogP contribution >= 0.6 is 0 Å². The van der Waals surface area contributed by atoms with Crippen LogP contribution in [0.1, 0.15) is 30.9 Å². The Balaban J connectivity index is 1.73. The van der Waals surface area contributed by atoms with Crippen molar-refractivity contribution in [1.82, 2.24) is 4.90 Å². The monoisotopic (exact) mass is 261 g/mol. The van der Waals surface area contributed by atoms with E-state index in [4.69, 9.17) is 4.74 Å². The first-order chi connectivity index (χ1) is 9.15. The molecule has 0 radical (unpaired) electrons. The molecule has 0 aliphatic carbocycles. The molecule has 1 aliphatic heterocycles. The van der Waals surface area contributed by atoms with Gasteiger partial charge in [0.25, 0.3) is 0 Å². The standard InChI is InChI=1S/C16H23NO2/c1-13-6-8-15(9-7-13)4-3-5-16(18)17-10-11-19-14(2)12-17/h6-9,14H,3-5,10-12H2,1-2H3. The van der Waals surface area contributed by atoms with E-state index < -0.39 is 0 Å². The number of nitrogens with zero attached hydrogens (tertiary/aromatic N) is 1. The van der Waals surface area contributed by atoms with Gasteiger partial charge in [-0.1, -0.05) is 29.8 Å². The van der Waals surface area contributed by atoms with Gasteiger partial charge in [-0.15, -0.1) is 0 Å². The first kappa shape index (κ1) is 14.1. The van der Waals surface area contributed by atoms with E-state index in [9.17, 15) is 4.79 Å². The second kappa shape index (κ2) is 6.71. The third kappa shape index (κ3) is 4.35. The molecular formula is C16H23NO2. The normalized spacial score (nSPS) is 19.5. The molecule has 0 bridgehead atoms. The molecule has 1 aliphatic rings. The molecule has 1 amide bonds. The van der Waals surface area contributed by atoms with Gasteiger partial charge in [-0.3, -0.25) is 4.79 Å². The van der Waals surface area contributed by atoms with Crippen molar-refractivity contribution in [2.24, 2.45) is 0 Å². The fraction of sp³-hybridized carbons (Fsp3) is 0.562. The van der Waals surface area contributed by atoms with Gasteiger partial charge < -0.3 is 9.64 Å². The molecule has 1 heterocycles. The number of aryl methyl sites for hydroxylation is 2. The number of hydrogen-bond acceptors (Lipinski definition) is 2. The van der Waals surface area contributed by atoms with E-state index in [0.717, 1.165) is 25.9 Å². The van der Waals surface area contributed by atoms with E-state index in [1.165, 1.54) is 11.1 Å². The topological polar surface area (TPSA) is 29.5 Å². The van der Waals surface area contributed by atoms with E-state index in [1.807, 2.05) is 11.8 Å². The van der Waals surface area contributed by atoms with Crippen LogP contribution in [0.3, 0.4) is 0 Å². The van der Waals surface area contributed by atoms with Gasteiger partial charge in [0.05, 0.1) is 12.7 Å². The number of rotatable bonds is 4. The van der Waals surface area contributed by atoms with E-state index >= 15 is 0 Å². The molecule has 1 atom stereocenters. The second-order valence-corrected chi connectivity index (χ2v) is 5.36. The number of hydrogen-bond donors (Lipinski definition) is 0. The highest BCUT2D eigenvalue weighted by molar-refractivity contribution is 5.76. The summed E-state index contributed by atoms with van der Waals surface area (Å²) in [5, 5.41) is 0. The summed E-state index contributed by atoms with van der Waals surface area (Å²) in [6.07, 6.45) is 2.72. The van der Waals surface area contributed by atoms with Crippen LogP contribution in [0.15, 0.2) is 24.3 Å². The van der Waals surface area contributed by atoms with Crippen molar-refractivity contribution < 1.29 is 9.53 Å². The quantitative estimate of drug-likeness (QED) is 0.833. The summed E-state index contributed by atoms with van der Waals surface area (Å²) in [7, 11) is 0. The third-order valence-electron chi connectivity index (χ3n) is 3.57. The molecule has 1 fully saturated rings. The third-order valence-corrected chi connectivity index (χ3v) is 3.57. The molecule has 2 rings (SSSR count). The summed E-state index contributed by atoms with van der Waals surface area (Å²) >= 11 is 0. The molecule has 104 valence electrons. The van der Waals surface area contributed by atoms with Crippen molar-refractivity contribution in [2.45, 2.75) is 39.2 Å². The molecule has 0 aromatic heterocycles. The fourth-order valence-electron chi connectivity index (χ4n) is 2.40. The average Bonchev–Trinajstić information content (AvgIpc) is 2.41. The maximum absolute atomic E-state index is 12.1. The van der Waals surface area contributed by atoms with E-state index in [0.29, 0.717) is 13.0 Å². The summed E-state index contributed by atoms with van der Waals surface area (Å²) in [5.74, 6) is 0.266. The zero-order valence-corrected chi connectivity index (χ0v) is 11.9. The minimum absolute atomic E-state index is 0.176. The Bertz CT molecular complexity index is 413. The number of amides is 1. The second-order valence-electron chi connectivity index (χ2n) is 5.36. The lowest BCUT2D eigenvalue weighted by Gasteiger charge is -2.31. The molecule has 0 N–H and O–H groups in total. The molecule has 3 nitrogen and oxygen atoms in total. The van der Waals surface area contributed by atoms with Gasteiger partial charge in [0.2, 0.25) is 5.91 Å². The predicted molar refractivity (Wildman–Crippen MR) is 76.1 cm³/mol. The van der Waals surface area contributed by atoms with Crippen LogP contribution in [0, 0.1) is 6.92 Å². The van der Waals surface area contributed by atoms with Crippen LogP contribution in [0.4, 0.5) is 0 Å². The molecular weight excluding hydrogens is 238 g/mol. The molecule has 0 spiro atoms. The van der Waals surface area contributed by atoms with Gasteiger partial charge in [-0.05, 0) is 32.3 Å². The van der Waals surface area contributed by atoms with Crippen molar-refractivity contribution >= 4 is 5.91 Å². The van der Waals surface area contributed by atoms with Crippen LogP contribution in [-0.4, -0.2) is 36.6 Å². The van der Waals surface area contributed by atoms with Gasteiger partial charge in [0.15, 0.2) is 0 Å². The number of carbonyl (C=O) groups excluding carboxylic acids is 1. The van der Waals surface area contributed by atoms with E-state index in [2.05, 4.69) is 31.2 Å². The number of ether oxygens (including phenoxy) is 1. The van der Waals surface area contributed by atoms with E-state index in [-0.39, 0.29) is 12.0 Å². The highest BCUT2D eigenvalue weighted by Gasteiger charge is 2.20. The predicted octanol–water partition coefficient (Wildman–Crippen LogP) is 2.57. The lowest BCUT2D eigenvalue weighted by Crippen LogP contribution is -2.44. The number of benzene rings is 1. The first-order valence-corrected chi connectivity index (χ1v) is 7.10. The minimum atomic E-state index is 0.176. The van der Waals surface area contributed by atoms with Crippen molar-refractivity contribution in [2.75, 3.05) is 19.7 Å². The van der Waals surface area contributed by atoms with Crippen molar-refractivity contribution in [1.29, 1.82) is 0 Å². The van der Waals surface area contributed by atoms with Gasteiger partial charge in [-0.25, -0.2) is 0 Å². The molecule has 19 heavy (non-hydrogen) atoms. The summed E-state index contributed by atoms with van der Waals surface area (Å²) in [4.78, 5) is 14.0. The minimum Gasteiger partial charge on any atom is -0.375 e. The SMILES string of the molecule is Cc1ccc(CCCC(=O)N2CCOC(C)C2)cc1. The van der Waals surface area contributed by atoms with Crippen LogP contribution in [-0.2, 0) is 16.0 Å². The zero-order valence-electron chi connectivity index (χ0n) is 11.9. The molecule has 1 aromatic rings. The molecule has 1 saturated heterocycles. The maximum Gasteiger partial charge on any atom is 0.222 e. The molecule has 1 aromatic carbocycles. The van der Waals surface area contributed by atoms with Gasteiger partial charge in [0, 0.05) is 19.5 Å². The van der Waals surface area contributed by atoms with Gasteiger partial charge in [-0.2, -0.15) is 0 Å². The van der Waals surface area contributed by atoms with Crippen LogP contribution in [0.5, 0.6) is 0 Å². The van der Waals surface area contributed by atoms with Crippen molar-refractivity contribution in [3.8, 4) is 0 Å². The molecule has 0 saturated carbocycles. The summed E-state index contributed by atoms with van der Waals surface area (Å²) < 4.78 is 5.45. The maximum atomic E-state index is 12.1. The summed E-state index contributed by atoms with van der Waals surface area (Å²) in [6.45, 7) is 6.26. The largest absolute Gasteiger partial charge is 0.375 e. The van der Waals surface area contributed by atoms with Crippen LogP contribution in [0.2, 0.25) is 0 Å². The van der Waals surface area contributed by atoms with E-state index in [1.54, 1.807) is 0 Å². The highest BCUT2D eigenvalue weighted by atomic mass is 16.5.